The molecule has 1 saturated heterocycles. The zero-order valence-corrected chi connectivity index (χ0v) is 11.2. The van der Waals surface area contributed by atoms with E-state index in [2.05, 4.69) is 4.52 Å². The van der Waals surface area contributed by atoms with Crippen LogP contribution in [0.2, 0.25) is 0 Å². The highest BCUT2D eigenvalue weighted by molar-refractivity contribution is 7.43. The Bertz CT molecular complexity index is 664. The Balaban J connectivity index is 2.18. The first kappa shape index (κ1) is 16.0. The van der Waals surface area contributed by atoms with Crippen molar-refractivity contribution in [3.05, 3.63) is 33.1 Å². The smallest absolute Gasteiger partial charge is 0.330 e. The van der Waals surface area contributed by atoms with Crippen molar-refractivity contribution in [3.63, 3.8) is 0 Å². The largest absolute Gasteiger partial charge is 0.790 e. The van der Waals surface area contributed by atoms with E-state index < -0.39 is 50.2 Å². The Hall–Kier alpha value is -1.33. The summed E-state index contributed by atoms with van der Waals surface area (Å²) in [6.07, 6.45) is -4.83. The quantitative estimate of drug-likeness (QED) is 0.466. The first-order valence-electron chi connectivity index (χ1n) is 5.69. The SMILES string of the molecule is O=c1ccn([C@@H]2O[C@H](COP(=O)([O-])[O-])C(O)[C@@H]2O)c(=O)[nH]1. The highest BCUT2D eigenvalue weighted by atomic mass is 31.2. The normalized spacial score (nSPS) is 29.7. The zero-order valence-electron chi connectivity index (χ0n) is 10.3. The van der Waals surface area contributed by atoms with Crippen molar-refractivity contribution in [2.75, 3.05) is 6.61 Å². The molecule has 1 aromatic rings. The minimum absolute atomic E-state index is 0.664. The van der Waals surface area contributed by atoms with Gasteiger partial charge in [-0.25, -0.2) is 4.79 Å². The topological polar surface area (TPSA) is 177 Å². The summed E-state index contributed by atoms with van der Waals surface area (Å²) in [4.78, 5) is 45.2. The average molecular weight is 322 g/mol. The number of phosphoric acid groups is 1. The number of hydrogen-bond donors (Lipinski definition) is 3. The molecule has 2 rings (SSSR count). The van der Waals surface area contributed by atoms with Gasteiger partial charge < -0.3 is 33.8 Å². The first-order valence-corrected chi connectivity index (χ1v) is 7.15. The molecule has 1 aliphatic heterocycles. The van der Waals surface area contributed by atoms with Crippen molar-refractivity contribution in [2.24, 2.45) is 0 Å². The molecule has 11 nitrogen and oxygen atoms in total. The number of nitrogens with zero attached hydrogens (tertiary/aromatic N) is 1. The van der Waals surface area contributed by atoms with Crippen molar-refractivity contribution in [1.82, 2.24) is 9.55 Å². The van der Waals surface area contributed by atoms with E-state index in [4.69, 9.17) is 4.74 Å². The van der Waals surface area contributed by atoms with Crippen molar-refractivity contribution in [1.29, 1.82) is 0 Å². The predicted octanol–water partition coefficient (Wildman–Crippen LogP) is -4.00. The fraction of sp³-hybridized carbons (Fsp3) is 0.556. The van der Waals surface area contributed by atoms with E-state index in [0.717, 1.165) is 16.8 Å². The minimum atomic E-state index is -5.26. The molecular weight excluding hydrogens is 311 g/mol. The van der Waals surface area contributed by atoms with Crippen LogP contribution in [0.4, 0.5) is 0 Å². The molecule has 1 fully saturated rings. The van der Waals surface area contributed by atoms with Crippen LogP contribution in [-0.2, 0) is 13.8 Å². The van der Waals surface area contributed by atoms with Gasteiger partial charge in [0, 0.05) is 12.3 Å². The van der Waals surface area contributed by atoms with Crippen LogP contribution in [0, 0.1) is 0 Å². The Morgan fingerprint density at radius 2 is 2.05 bits per heavy atom. The van der Waals surface area contributed by atoms with E-state index in [1.807, 2.05) is 4.98 Å². The summed E-state index contributed by atoms with van der Waals surface area (Å²) in [6.45, 7) is -0.808. The van der Waals surface area contributed by atoms with Gasteiger partial charge in [-0.05, 0) is 0 Å². The molecule has 0 spiro atoms. The standard InChI is InChI=1S/C9H13N2O9P/c12-5-1-2-11(9(15)10-5)8-7(14)6(13)4(20-8)3-19-21(16,17)18/h1-2,4,6-8,13-14H,3H2,(H,10,12,15)(H2,16,17,18)/p-2/t4-,6?,7+,8-/m1/s1. The van der Waals surface area contributed by atoms with Crippen molar-refractivity contribution in [2.45, 2.75) is 24.5 Å². The molecule has 3 N–H and O–H groups in total. The molecule has 0 amide bonds. The maximum absolute atomic E-state index is 11.6. The second-order valence-corrected chi connectivity index (χ2v) is 5.46. The van der Waals surface area contributed by atoms with Gasteiger partial charge in [0.2, 0.25) is 0 Å². The number of aliphatic hydroxyl groups excluding tert-OH is 2. The van der Waals surface area contributed by atoms with Crippen molar-refractivity contribution < 1.29 is 33.8 Å². The van der Waals surface area contributed by atoms with Gasteiger partial charge in [-0.1, -0.05) is 0 Å². The number of ether oxygens (including phenoxy) is 1. The Morgan fingerprint density at radius 3 is 2.62 bits per heavy atom. The molecule has 0 aromatic carbocycles. The number of aromatic amines is 1. The molecule has 0 radical (unpaired) electrons. The van der Waals surface area contributed by atoms with E-state index in [0.29, 0.717) is 0 Å². The Labute approximate surface area is 116 Å². The van der Waals surface area contributed by atoms with Crippen LogP contribution in [0.5, 0.6) is 0 Å². The molecule has 1 aromatic heterocycles. The summed E-state index contributed by atoms with van der Waals surface area (Å²) in [5.41, 5.74) is -1.55. The third kappa shape index (κ3) is 3.66. The van der Waals surface area contributed by atoms with Gasteiger partial charge in [-0.2, -0.15) is 0 Å². The number of phosphoric ester groups is 1. The lowest BCUT2D eigenvalue weighted by atomic mass is 10.1. The van der Waals surface area contributed by atoms with Crippen molar-refractivity contribution in [3.8, 4) is 0 Å². The number of H-pyrrole nitrogens is 1. The molecule has 12 heteroatoms. The van der Waals surface area contributed by atoms with Gasteiger partial charge in [0.25, 0.3) is 5.56 Å². The van der Waals surface area contributed by atoms with Gasteiger partial charge in [-0.3, -0.25) is 14.3 Å². The molecular formula is C9H11N2O9P-2. The number of aromatic nitrogens is 2. The molecule has 0 saturated carbocycles. The molecule has 2 heterocycles. The third-order valence-corrected chi connectivity index (χ3v) is 3.32. The summed E-state index contributed by atoms with van der Waals surface area (Å²) in [6, 6.07) is 0.997. The number of nitrogens with one attached hydrogen (secondary N) is 1. The predicted molar refractivity (Wildman–Crippen MR) is 60.8 cm³/mol. The molecule has 21 heavy (non-hydrogen) atoms. The molecule has 0 aliphatic carbocycles. The second-order valence-electron chi connectivity index (χ2n) is 4.31. The average Bonchev–Trinajstić information content (AvgIpc) is 2.64. The monoisotopic (exact) mass is 322 g/mol. The van der Waals surface area contributed by atoms with Crippen molar-refractivity contribution >= 4 is 7.82 Å². The van der Waals surface area contributed by atoms with Crippen LogP contribution in [0.25, 0.3) is 0 Å². The van der Waals surface area contributed by atoms with Gasteiger partial charge in [0.15, 0.2) is 6.23 Å². The van der Waals surface area contributed by atoms with Crippen LogP contribution >= 0.6 is 7.82 Å². The van der Waals surface area contributed by atoms with Gasteiger partial charge in [0.05, 0.1) is 14.4 Å². The summed E-state index contributed by atoms with van der Waals surface area (Å²) in [5.74, 6) is 0. The minimum Gasteiger partial charge on any atom is -0.790 e. The number of hydrogen-bond acceptors (Lipinski definition) is 9. The van der Waals surface area contributed by atoms with Gasteiger partial charge in [-0.15, -0.1) is 0 Å². The molecule has 1 aliphatic rings. The lowest BCUT2D eigenvalue weighted by Gasteiger charge is -2.30. The van der Waals surface area contributed by atoms with Crippen LogP contribution in [-0.4, -0.2) is 44.7 Å². The molecule has 1 unspecified atom stereocenters. The van der Waals surface area contributed by atoms with E-state index in [9.17, 15) is 34.2 Å². The van der Waals surface area contributed by atoms with Gasteiger partial charge in [0.1, 0.15) is 18.3 Å². The van der Waals surface area contributed by atoms with Gasteiger partial charge >= 0.3 is 5.69 Å². The lowest BCUT2D eigenvalue weighted by molar-refractivity contribution is -0.343. The molecule has 4 atom stereocenters. The fourth-order valence-corrected chi connectivity index (χ4v) is 2.22. The summed E-state index contributed by atoms with van der Waals surface area (Å²) in [7, 11) is -5.26. The third-order valence-electron chi connectivity index (χ3n) is 2.86. The maximum Gasteiger partial charge on any atom is 0.330 e. The lowest BCUT2D eigenvalue weighted by Crippen LogP contribution is -2.37. The summed E-state index contributed by atoms with van der Waals surface area (Å²) in [5, 5.41) is 19.5. The summed E-state index contributed by atoms with van der Waals surface area (Å²) < 4.78 is 20.3. The van der Waals surface area contributed by atoms with E-state index in [1.54, 1.807) is 0 Å². The first-order chi connectivity index (χ1) is 9.69. The van der Waals surface area contributed by atoms with Crippen LogP contribution in [0.3, 0.4) is 0 Å². The second kappa shape index (κ2) is 5.81. The zero-order chi connectivity index (χ0) is 15.8. The summed E-state index contributed by atoms with van der Waals surface area (Å²) >= 11 is 0. The van der Waals surface area contributed by atoms with Crippen LogP contribution in [0.15, 0.2) is 21.9 Å². The highest BCUT2D eigenvalue weighted by Gasteiger charge is 2.44. The van der Waals surface area contributed by atoms with Crippen LogP contribution < -0.4 is 21.0 Å². The molecule has 0 bridgehead atoms. The van der Waals surface area contributed by atoms with E-state index >= 15 is 0 Å². The van der Waals surface area contributed by atoms with Crippen LogP contribution in [0.1, 0.15) is 6.23 Å². The number of aliphatic hydroxyl groups is 2. The Morgan fingerprint density at radius 1 is 1.38 bits per heavy atom. The maximum atomic E-state index is 11.6. The number of rotatable bonds is 4. The highest BCUT2D eigenvalue weighted by Crippen LogP contribution is 2.32. The van der Waals surface area contributed by atoms with E-state index in [1.165, 1.54) is 0 Å². The fourth-order valence-electron chi connectivity index (χ4n) is 1.89. The Kier molecular flexibility index (Phi) is 4.44. The molecule has 118 valence electrons. The van der Waals surface area contributed by atoms with E-state index in [-0.39, 0.29) is 0 Å².